The third-order valence-corrected chi connectivity index (χ3v) is 5.07. The van der Waals surface area contributed by atoms with Gasteiger partial charge in [-0.1, -0.05) is 12.8 Å². The second-order valence-corrected chi connectivity index (χ2v) is 6.57. The molecule has 22 heavy (non-hydrogen) atoms. The Hall–Kier alpha value is -1.63. The number of hydrogen-bond donors (Lipinski definition) is 2. The zero-order valence-electron chi connectivity index (χ0n) is 13.1. The molecule has 1 unspecified atom stereocenters. The number of carbonyl (C=O) groups excluding carboxylic acids is 3. The van der Waals surface area contributed by atoms with E-state index in [-0.39, 0.29) is 36.9 Å². The van der Waals surface area contributed by atoms with E-state index in [9.17, 15) is 14.4 Å². The molecule has 1 atom stereocenters. The van der Waals surface area contributed by atoms with Crippen molar-refractivity contribution < 1.29 is 14.4 Å². The second kappa shape index (κ2) is 5.87. The van der Waals surface area contributed by atoms with Crippen LogP contribution in [0.25, 0.3) is 0 Å². The van der Waals surface area contributed by atoms with E-state index in [1.807, 2.05) is 11.8 Å². The van der Waals surface area contributed by atoms with Crippen molar-refractivity contribution in [2.24, 2.45) is 0 Å². The molecule has 2 heterocycles. The summed E-state index contributed by atoms with van der Waals surface area (Å²) in [5.74, 6) is -0.127. The van der Waals surface area contributed by atoms with Crippen LogP contribution < -0.4 is 10.6 Å². The number of rotatable bonds is 3. The first kappa shape index (κ1) is 15.3. The summed E-state index contributed by atoms with van der Waals surface area (Å²) in [6.07, 6.45) is 3.58. The Labute approximate surface area is 130 Å². The van der Waals surface area contributed by atoms with Crippen molar-refractivity contribution in [3.05, 3.63) is 0 Å². The van der Waals surface area contributed by atoms with Gasteiger partial charge >= 0.3 is 6.03 Å². The van der Waals surface area contributed by atoms with Gasteiger partial charge in [0.15, 0.2) is 0 Å². The molecule has 7 nitrogen and oxygen atoms in total. The van der Waals surface area contributed by atoms with Gasteiger partial charge in [-0.05, 0) is 19.8 Å². The molecule has 0 bridgehead atoms. The summed E-state index contributed by atoms with van der Waals surface area (Å²) in [6, 6.07) is -0.182. The number of nitrogens with zero attached hydrogens (tertiary/aromatic N) is 2. The smallest absolute Gasteiger partial charge is 0.325 e. The zero-order valence-corrected chi connectivity index (χ0v) is 13.1. The summed E-state index contributed by atoms with van der Waals surface area (Å²) >= 11 is 0. The average molecular weight is 308 g/mol. The molecule has 1 spiro atoms. The molecule has 0 radical (unpaired) electrons. The van der Waals surface area contributed by atoms with Gasteiger partial charge in [-0.3, -0.25) is 14.5 Å². The van der Waals surface area contributed by atoms with Crippen molar-refractivity contribution in [2.75, 3.05) is 26.2 Å². The number of urea groups is 1. The lowest BCUT2D eigenvalue weighted by atomic mass is 9.98. The molecule has 2 aliphatic heterocycles. The van der Waals surface area contributed by atoms with Crippen LogP contribution in [0.3, 0.4) is 0 Å². The molecule has 7 heteroatoms. The van der Waals surface area contributed by atoms with E-state index < -0.39 is 5.54 Å². The van der Waals surface area contributed by atoms with Crippen LogP contribution in [0.4, 0.5) is 4.79 Å². The Morgan fingerprint density at radius 3 is 2.73 bits per heavy atom. The van der Waals surface area contributed by atoms with Crippen molar-refractivity contribution in [1.29, 1.82) is 0 Å². The predicted octanol–water partition coefficient (Wildman–Crippen LogP) is 0.0614. The third kappa shape index (κ3) is 2.58. The van der Waals surface area contributed by atoms with Gasteiger partial charge in [-0.2, -0.15) is 0 Å². The van der Waals surface area contributed by atoms with Crippen molar-refractivity contribution in [1.82, 2.24) is 20.4 Å². The molecule has 2 saturated heterocycles. The standard InChI is InChI=1S/C15H24N4O3/c1-11-10-16-7-9-18(11)12(20)4-8-19-13(21)15(17-14(19)22)5-2-3-6-15/h11,16H,2-10H2,1H3,(H,17,22). The minimum Gasteiger partial charge on any atom is -0.337 e. The van der Waals surface area contributed by atoms with Crippen LogP contribution >= 0.6 is 0 Å². The summed E-state index contributed by atoms with van der Waals surface area (Å²) in [4.78, 5) is 39.9. The lowest BCUT2D eigenvalue weighted by molar-refractivity contribution is -0.135. The number of nitrogens with one attached hydrogen (secondary N) is 2. The van der Waals surface area contributed by atoms with E-state index in [2.05, 4.69) is 10.6 Å². The van der Waals surface area contributed by atoms with E-state index in [4.69, 9.17) is 0 Å². The summed E-state index contributed by atoms with van der Waals surface area (Å²) in [7, 11) is 0. The summed E-state index contributed by atoms with van der Waals surface area (Å²) < 4.78 is 0. The van der Waals surface area contributed by atoms with E-state index in [0.29, 0.717) is 6.54 Å². The van der Waals surface area contributed by atoms with Gasteiger partial charge < -0.3 is 15.5 Å². The highest BCUT2D eigenvalue weighted by Crippen LogP contribution is 2.35. The van der Waals surface area contributed by atoms with Crippen molar-refractivity contribution in [2.45, 2.75) is 50.6 Å². The number of imide groups is 1. The lowest BCUT2D eigenvalue weighted by Crippen LogP contribution is -2.52. The molecular weight excluding hydrogens is 284 g/mol. The van der Waals surface area contributed by atoms with E-state index in [1.165, 1.54) is 4.90 Å². The normalized spacial score (nSPS) is 27.6. The SMILES string of the molecule is CC1CNCCN1C(=O)CCN1C(=O)NC2(CCCC2)C1=O. The maximum atomic E-state index is 12.5. The number of amides is 4. The van der Waals surface area contributed by atoms with Gasteiger partial charge in [0.1, 0.15) is 5.54 Å². The Bertz CT molecular complexity index is 487. The maximum Gasteiger partial charge on any atom is 0.325 e. The molecule has 4 amide bonds. The first-order chi connectivity index (χ1) is 10.5. The first-order valence-corrected chi connectivity index (χ1v) is 8.18. The van der Waals surface area contributed by atoms with E-state index in [0.717, 1.165) is 38.8 Å². The van der Waals surface area contributed by atoms with Gasteiger partial charge in [-0.25, -0.2) is 4.79 Å². The highest BCUT2D eigenvalue weighted by molar-refractivity contribution is 6.07. The largest absolute Gasteiger partial charge is 0.337 e. The second-order valence-electron chi connectivity index (χ2n) is 6.57. The highest BCUT2D eigenvalue weighted by atomic mass is 16.2. The fourth-order valence-electron chi connectivity index (χ4n) is 3.76. The van der Waals surface area contributed by atoms with Gasteiger partial charge in [-0.15, -0.1) is 0 Å². The number of hydrogen-bond acceptors (Lipinski definition) is 4. The van der Waals surface area contributed by atoms with Crippen molar-refractivity contribution >= 4 is 17.8 Å². The van der Waals surface area contributed by atoms with Crippen LogP contribution in [0.5, 0.6) is 0 Å². The molecule has 3 fully saturated rings. The highest BCUT2D eigenvalue weighted by Gasteiger charge is 2.52. The van der Waals surface area contributed by atoms with E-state index in [1.54, 1.807) is 0 Å². The quantitative estimate of drug-likeness (QED) is 0.723. The van der Waals surface area contributed by atoms with Crippen LogP contribution in [0.1, 0.15) is 39.0 Å². The first-order valence-electron chi connectivity index (χ1n) is 8.18. The Kier molecular flexibility index (Phi) is 4.08. The van der Waals surface area contributed by atoms with Crippen LogP contribution in [-0.4, -0.2) is 65.4 Å². The van der Waals surface area contributed by atoms with Gasteiger partial charge in [0.2, 0.25) is 5.91 Å². The Morgan fingerprint density at radius 1 is 1.32 bits per heavy atom. The minimum atomic E-state index is -0.678. The lowest BCUT2D eigenvalue weighted by Gasteiger charge is -2.34. The van der Waals surface area contributed by atoms with Crippen LogP contribution in [-0.2, 0) is 9.59 Å². The Morgan fingerprint density at radius 2 is 2.05 bits per heavy atom. The molecule has 2 N–H and O–H groups in total. The molecule has 0 aromatic carbocycles. The Balaban J connectivity index is 1.58. The third-order valence-electron chi connectivity index (χ3n) is 5.07. The molecule has 1 aliphatic carbocycles. The van der Waals surface area contributed by atoms with Crippen LogP contribution in [0.15, 0.2) is 0 Å². The molecule has 3 rings (SSSR count). The zero-order chi connectivity index (χ0) is 15.7. The molecule has 0 aromatic rings. The molecule has 122 valence electrons. The molecule has 1 saturated carbocycles. The average Bonchev–Trinajstić information content (AvgIpc) is 3.05. The molecule has 0 aromatic heterocycles. The number of carbonyl (C=O) groups is 3. The van der Waals surface area contributed by atoms with Gasteiger partial charge in [0.05, 0.1) is 0 Å². The minimum absolute atomic E-state index is 0.0157. The fourth-order valence-corrected chi connectivity index (χ4v) is 3.76. The maximum absolute atomic E-state index is 12.5. The molecule has 3 aliphatic rings. The van der Waals surface area contributed by atoms with E-state index >= 15 is 0 Å². The van der Waals surface area contributed by atoms with Crippen LogP contribution in [0, 0.1) is 0 Å². The summed E-state index contributed by atoms with van der Waals surface area (Å²) in [6.45, 7) is 4.46. The van der Waals surface area contributed by atoms with Crippen molar-refractivity contribution in [3.63, 3.8) is 0 Å². The topological polar surface area (TPSA) is 81.8 Å². The van der Waals surface area contributed by atoms with Gasteiger partial charge in [0, 0.05) is 38.6 Å². The molecular formula is C15H24N4O3. The van der Waals surface area contributed by atoms with Crippen molar-refractivity contribution in [3.8, 4) is 0 Å². The fraction of sp³-hybridized carbons (Fsp3) is 0.800. The summed E-state index contributed by atoms with van der Waals surface area (Å²) in [5, 5.41) is 6.08. The predicted molar refractivity (Wildman–Crippen MR) is 80.1 cm³/mol. The number of piperazine rings is 1. The van der Waals surface area contributed by atoms with Gasteiger partial charge in [0.25, 0.3) is 5.91 Å². The van der Waals surface area contributed by atoms with Crippen LogP contribution in [0.2, 0.25) is 0 Å². The summed E-state index contributed by atoms with van der Waals surface area (Å²) in [5.41, 5.74) is -0.678. The monoisotopic (exact) mass is 308 g/mol.